The molecule has 0 aromatic carbocycles. The Morgan fingerprint density at radius 2 is 1.87 bits per heavy atom. The lowest BCUT2D eigenvalue weighted by Crippen LogP contribution is -2.16. The molecule has 1 saturated carbocycles. The molecule has 0 bridgehead atoms. The molecule has 0 amide bonds. The monoisotopic (exact) mass is 308 g/mol. The predicted octanol–water partition coefficient (Wildman–Crippen LogP) is 3.09. The van der Waals surface area contributed by atoms with E-state index in [4.69, 9.17) is 4.98 Å². The van der Waals surface area contributed by atoms with E-state index in [1.165, 1.54) is 25.7 Å². The van der Waals surface area contributed by atoms with Crippen LogP contribution >= 0.6 is 0 Å². The number of rotatable bonds is 3. The number of nitrogens with one attached hydrogen (secondary N) is 1. The van der Waals surface area contributed by atoms with Crippen LogP contribution in [-0.4, -0.2) is 30.8 Å². The third kappa shape index (κ3) is 2.65. The van der Waals surface area contributed by atoms with Crippen LogP contribution in [0.15, 0.2) is 24.4 Å². The second-order valence-corrected chi connectivity index (χ2v) is 6.16. The van der Waals surface area contributed by atoms with E-state index in [9.17, 15) is 0 Å². The standard InChI is InChI=1S/C17H20N6/c1-11-16-15(22-23(11)2)8-7-13(20-16)14-9-10-18-17(21-14)19-12-5-3-4-6-12/h7-10,12H,3-6H2,1-2H3,(H,18,19,21). The molecular formula is C17H20N6. The lowest BCUT2D eigenvalue weighted by atomic mass is 10.2. The Bertz CT molecular complexity index is 847. The summed E-state index contributed by atoms with van der Waals surface area (Å²) in [4.78, 5) is 13.7. The SMILES string of the molecule is Cc1c2nc(-c3ccnc(NC4CCCC4)n3)ccc2nn1C. The fraction of sp³-hybridized carbons (Fsp3) is 0.412. The van der Waals surface area contributed by atoms with Crippen molar-refractivity contribution in [1.29, 1.82) is 0 Å². The van der Waals surface area contributed by atoms with Gasteiger partial charge in [-0.1, -0.05) is 12.8 Å². The first kappa shape index (κ1) is 14.1. The van der Waals surface area contributed by atoms with Gasteiger partial charge >= 0.3 is 0 Å². The van der Waals surface area contributed by atoms with Crippen LogP contribution in [0.25, 0.3) is 22.4 Å². The number of pyridine rings is 1. The van der Waals surface area contributed by atoms with Gasteiger partial charge < -0.3 is 5.32 Å². The van der Waals surface area contributed by atoms with Gasteiger partial charge in [0.05, 0.1) is 17.1 Å². The van der Waals surface area contributed by atoms with Gasteiger partial charge in [0.15, 0.2) is 0 Å². The highest BCUT2D eigenvalue weighted by Gasteiger charge is 2.16. The summed E-state index contributed by atoms with van der Waals surface area (Å²) in [6.07, 6.45) is 6.77. The Labute approximate surface area is 135 Å². The highest BCUT2D eigenvalue weighted by Crippen LogP contribution is 2.23. The van der Waals surface area contributed by atoms with Gasteiger partial charge in [-0.2, -0.15) is 5.10 Å². The summed E-state index contributed by atoms with van der Waals surface area (Å²) in [6.45, 7) is 2.03. The van der Waals surface area contributed by atoms with Gasteiger partial charge in [0.25, 0.3) is 0 Å². The largest absolute Gasteiger partial charge is 0.351 e. The van der Waals surface area contributed by atoms with E-state index >= 15 is 0 Å². The minimum atomic E-state index is 0.501. The second-order valence-electron chi connectivity index (χ2n) is 6.16. The molecule has 1 N–H and O–H groups in total. The van der Waals surface area contributed by atoms with E-state index in [2.05, 4.69) is 20.4 Å². The molecule has 0 aliphatic heterocycles. The average Bonchev–Trinajstić information content (AvgIpc) is 3.16. The molecule has 1 aliphatic carbocycles. The van der Waals surface area contributed by atoms with E-state index in [1.54, 1.807) is 6.20 Å². The van der Waals surface area contributed by atoms with Gasteiger partial charge in [0, 0.05) is 19.3 Å². The topological polar surface area (TPSA) is 68.5 Å². The number of aromatic nitrogens is 5. The zero-order valence-corrected chi connectivity index (χ0v) is 13.5. The summed E-state index contributed by atoms with van der Waals surface area (Å²) in [6, 6.07) is 6.37. The van der Waals surface area contributed by atoms with Gasteiger partial charge in [0.1, 0.15) is 11.0 Å². The zero-order chi connectivity index (χ0) is 15.8. The molecular weight excluding hydrogens is 288 g/mol. The summed E-state index contributed by atoms with van der Waals surface area (Å²) in [7, 11) is 1.94. The van der Waals surface area contributed by atoms with Crippen LogP contribution in [0.4, 0.5) is 5.95 Å². The second kappa shape index (κ2) is 5.61. The van der Waals surface area contributed by atoms with Gasteiger partial charge in [-0.05, 0) is 38.0 Å². The van der Waals surface area contributed by atoms with Crippen LogP contribution in [0.1, 0.15) is 31.4 Å². The number of aryl methyl sites for hydroxylation is 2. The molecule has 23 heavy (non-hydrogen) atoms. The van der Waals surface area contributed by atoms with Crippen LogP contribution in [0, 0.1) is 6.92 Å². The van der Waals surface area contributed by atoms with Crippen LogP contribution in [0.2, 0.25) is 0 Å². The van der Waals surface area contributed by atoms with Crippen molar-refractivity contribution in [2.75, 3.05) is 5.32 Å². The van der Waals surface area contributed by atoms with Gasteiger partial charge in [0.2, 0.25) is 5.95 Å². The van der Waals surface area contributed by atoms with Crippen molar-refractivity contribution in [2.45, 2.75) is 38.6 Å². The fourth-order valence-corrected chi connectivity index (χ4v) is 3.15. The number of nitrogens with zero attached hydrogens (tertiary/aromatic N) is 5. The first-order valence-electron chi connectivity index (χ1n) is 8.11. The van der Waals surface area contributed by atoms with Crippen LogP contribution in [-0.2, 0) is 7.05 Å². The summed E-state index contributed by atoms with van der Waals surface area (Å²) < 4.78 is 1.86. The molecule has 4 rings (SSSR count). The first-order valence-corrected chi connectivity index (χ1v) is 8.11. The van der Waals surface area contributed by atoms with Gasteiger partial charge in [-0.3, -0.25) is 4.68 Å². The summed E-state index contributed by atoms with van der Waals surface area (Å²) in [5.74, 6) is 0.694. The van der Waals surface area contributed by atoms with Crippen LogP contribution in [0.3, 0.4) is 0 Å². The Kier molecular flexibility index (Phi) is 3.44. The molecule has 0 atom stereocenters. The number of fused-ring (bicyclic) bond motifs is 1. The van der Waals surface area contributed by atoms with E-state index in [0.29, 0.717) is 12.0 Å². The molecule has 3 aromatic rings. The van der Waals surface area contributed by atoms with Gasteiger partial charge in [-0.25, -0.2) is 15.0 Å². The minimum absolute atomic E-state index is 0.501. The Balaban J connectivity index is 1.68. The quantitative estimate of drug-likeness (QED) is 0.805. The minimum Gasteiger partial charge on any atom is -0.351 e. The number of hydrogen-bond donors (Lipinski definition) is 1. The number of anilines is 1. The summed E-state index contributed by atoms with van der Waals surface area (Å²) in [5, 5.41) is 7.88. The van der Waals surface area contributed by atoms with Crippen molar-refractivity contribution in [1.82, 2.24) is 24.7 Å². The maximum absolute atomic E-state index is 4.74. The van der Waals surface area contributed by atoms with E-state index in [1.807, 2.05) is 36.9 Å². The van der Waals surface area contributed by atoms with Crippen LogP contribution < -0.4 is 5.32 Å². The van der Waals surface area contributed by atoms with Gasteiger partial charge in [-0.15, -0.1) is 0 Å². The third-order valence-corrected chi connectivity index (χ3v) is 4.57. The predicted molar refractivity (Wildman–Crippen MR) is 90.2 cm³/mol. The molecule has 0 unspecified atom stereocenters. The molecule has 0 radical (unpaired) electrons. The van der Waals surface area contributed by atoms with E-state index in [0.717, 1.165) is 28.1 Å². The lowest BCUT2D eigenvalue weighted by molar-refractivity contribution is 0.744. The molecule has 0 spiro atoms. The Hall–Kier alpha value is -2.50. The first-order chi connectivity index (χ1) is 11.2. The zero-order valence-electron chi connectivity index (χ0n) is 13.5. The smallest absolute Gasteiger partial charge is 0.223 e. The maximum Gasteiger partial charge on any atom is 0.223 e. The number of hydrogen-bond acceptors (Lipinski definition) is 5. The van der Waals surface area contributed by atoms with Crippen molar-refractivity contribution < 1.29 is 0 Å². The molecule has 3 heterocycles. The highest BCUT2D eigenvalue weighted by molar-refractivity contribution is 5.79. The lowest BCUT2D eigenvalue weighted by Gasteiger charge is -2.12. The molecule has 1 aliphatic rings. The molecule has 1 fully saturated rings. The molecule has 3 aromatic heterocycles. The summed E-state index contributed by atoms with van der Waals surface area (Å²) >= 11 is 0. The molecule has 0 saturated heterocycles. The maximum atomic E-state index is 4.74. The summed E-state index contributed by atoms with van der Waals surface area (Å²) in [5.41, 5.74) is 4.58. The van der Waals surface area contributed by atoms with Crippen molar-refractivity contribution in [3.8, 4) is 11.4 Å². The van der Waals surface area contributed by atoms with Crippen molar-refractivity contribution in [3.05, 3.63) is 30.1 Å². The van der Waals surface area contributed by atoms with Crippen LogP contribution in [0.5, 0.6) is 0 Å². The van der Waals surface area contributed by atoms with E-state index in [-0.39, 0.29) is 0 Å². The molecule has 118 valence electrons. The van der Waals surface area contributed by atoms with Crippen molar-refractivity contribution >= 4 is 17.0 Å². The Morgan fingerprint density at radius 1 is 1.09 bits per heavy atom. The average molecular weight is 308 g/mol. The fourth-order valence-electron chi connectivity index (χ4n) is 3.15. The van der Waals surface area contributed by atoms with Crippen molar-refractivity contribution in [2.24, 2.45) is 7.05 Å². The Morgan fingerprint density at radius 3 is 2.70 bits per heavy atom. The highest BCUT2D eigenvalue weighted by atomic mass is 15.3. The van der Waals surface area contributed by atoms with Crippen molar-refractivity contribution in [3.63, 3.8) is 0 Å². The molecule has 6 nitrogen and oxygen atoms in total. The molecule has 6 heteroatoms. The third-order valence-electron chi connectivity index (χ3n) is 4.57. The normalized spacial score (nSPS) is 15.4. The van der Waals surface area contributed by atoms with E-state index < -0.39 is 0 Å².